The fourth-order valence-electron chi connectivity index (χ4n) is 3.09. The van der Waals surface area contributed by atoms with Crippen molar-refractivity contribution < 1.29 is 18.7 Å². The molecule has 1 saturated heterocycles. The van der Waals surface area contributed by atoms with E-state index in [1.165, 1.54) is 12.1 Å². The molecule has 0 unspecified atom stereocenters. The predicted molar refractivity (Wildman–Crippen MR) is 108 cm³/mol. The second-order valence-electron chi connectivity index (χ2n) is 6.77. The lowest BCUT2D eigenvalue weighted by atomic mass is 10.2. The molecule has 1 fully saturated rings. The van der Waals surface area contributed by atoms with E-state index in [9.17, 15) is 14.0 Å². The van der Waals surface area contributed by atoms with E-state index in [1.807, 2.05) is 0 Å². The summed E-state index contributed by atoms with van der Waals surface area (Å²) in [6, 6.07) is 12.8. The third kappa shape index (κ3) is 5.84. The first-order chi connectivity index (χ1) is 14.0. The monoisotopic (exact) mass is 400 g/mol. The molecule has 0 radical (unpaired) electrons. The molecule has 2 N–H and O–H groups in total. The average molecular weight is 400 g/mol. The molecule has 0 atom stereocenters. The number of hydrogen-bond acceptors (Lipinski definition) is 3. The maximum absolute atomic E-state index is 13.0. The lowest BCUT2D eigenvalue weighted by Gasteiger charge is -2.23. The maximum Gasteiger partial charge on any atom is 0.321 e. The number of methoxy groups -OCH3 is 1. The highest BCUT2D eigenvalue weighted by Gasteiger charge is 2.22. The van der Waals surface area contributed by atoms with Crippen molar-refractivity contribution in [2.75, 3.05) is 38.6 Å². The highest BCUT2D eigenvalue weighted by Crippen LogP contribution is 2.16. The lowest BCUT2D eigenvalue weighted by Crippen LogP contribution is -2.43. The molecule has 0 spiro atoms. The highest BCUT2D eigenvalue weighted by atomic mass is 19.1. The summed E-state index contributed by atoms with van der Waals surface area (Å²) in [6.07, 6.45) is 0.694. The van der Waals surface area contributed by atoms with Crippen LogP contribution in [0.15, 0.2) is 48.5 Å². The summed E-state index contributed by atoms with van der Waals surface area (Å²) in [4.78, 5) is 28.4. The largest absolute Gasteiger partial charge is 0.497 e. The zero-order valence-corrected chi connectivity index (χ0v) is 16.4. The Morgan fingerprint density at radius 3 is 2.17 bits per heavy atom. The van der Waals surface area contributed by atoms with Crippen LogP contribution in [0.5, 0.6) is 5.75 Å². The second-order valence-corrected chi connectivity index (χ2v) is 6.77. The van der Waals surface area contributed by atoms with E-state index in [-0.39, 0.29) is 17.9 Å². The van der Waals surface area contributed by atoms with E-state index in [0.717, 1.165) is 11.3 Å². The molecule has 1 aliphatic rings. The number of ether oxygens (including phenoxy) is 1. The zero-order chi connectivity index (χ0) is 20.6. The van der Waals surface area contributed by atoms with Gasteiger partial charge in [0.1, 0.15) is 11.6 Å². The van der Waals surface area contributed by atoms with Gasteiger partial charge in [-0.25, -0.2) is 14.0 Å². The molecule has 2 aromatic carbocycles. The minimum Gasteiger partial charge on any atom is -0.497 e. The fraction of sp³-hybridized carbons (Fsp3) is 0.333. The molecule has 154 valence electrons. The van der Waals surface area contributed by atoms with Gasteiger partial charge in [0.05, 0.1) is 7.11 Å². The summed E-state index contributed by atoms with van der Waals surface area (Å²) in [5.74, 6) is 0.417. The number of nitrogens with zero attached hydrogens (tertiary/aromatic N) is 2. The number of benzene rings is 2. The number of urea groups is 2. The third-order valence-electron chi connectivity index (χ3n) is 4.77. The Balaban J connectivity index is 1.47. The van der Waals surface area contributed by atoms with Crippen molar-refractivity contribution in [2.24, 2.45) is 0 Å². The Bertz CT molecular complexity index is 827. The zero-order valence-electron chi connectivity index (χ0n) is 16.4. The molecule has 1 aliphatic heterocycles. The van der Waals surface area contributed by atoms with Crippen LogP contribution in [-0.2, 0) is 6.54 Å². The van der Waals surface area contributed by atoms with Crippen LogP contribution in [0, 0.1) is 5.82 Å². The predicted octanol–water partition coefficient (Wildman–Crippen LogP) is 3.28. The Morgan fingerprint density at radius 2 is 1.55 bits per heavy atom. The van der Waals surface area contributed by atoms with Crippen molar-refractivity contribution in [1.82, 2.24) is 15.1 Å². The van der Waals surface area contributed by atoms with E-state index >= 15 is 0 Å². The first-order valence-corrected chi connectivity index (χ1v) is 9.52. The second kappa shape index (κ2) is 9.77. The smallest absolute Gasteiger partial charge is 0.321 e. The topological polar surface area (TPSA) is 73.9 Å². The number of rotatable bonds is 4. The first-order valence-electron chi connectivity index (χ1n) is 9.52. The van der Waals surface area contributed by atoms with E-state index in [0.29, 0.717) is 44.8 Å². The highest BCUT2D eigenvalue weighted by molar-refractivity contribution is 5.89. The van der Waals surface area contributed by atoms with Gasteiger partial charge >= 0.3 is 12.1 Å². The van der Waals surface area contributed by atoms with Crippen LogP contribution < -0.4 is 15.4 Å². The molecule has 0 aromatic heterocycles. The van der Waals surface area contributed by atoms with Gasteiger partial charge in [-0.1, -0.05) is 12.1 Å². The van der Waals surface area contributed by atoms with Crippen molar-refractivity contribution >= 4 is 17.7 Å². The molecular weight excluding hydrogens is 375 g/mol. The third-order valence-corrected chi connectivity index (χ3v) is 4.77. The van der Waals surface area contributed by atoms with Crippen LogP contribution in [0.2, 0.25) is 0 Å². The Hall–Kier alpha value is -3.29. The molecule has 0 bridgehead atoms. The number of carbonyl (C=O) groups is 2. The average Bonchev–Trinajstić information content (AvgIpc) is 3.00. The van der Waals surface area contributed by atoms with Crippen molar-refractivity contribution in [1.29, 1.82) is 0 Å². The molecule has 1 heterocycles. The van der Waals surface area contributed by atoms with E-state index in [2.05, 4.69) is 10.6 Å². The number of halogens is 1. The van der Waals surface area contributed by atoms with E-state index in [1.54, 1.807) is 53.3 Å². The molecule has 8 heteroatoms. The maximum atomic E-state index is 13.0. The van der Waals surface area contributed by atoms with Gasteiger partial charge in [0, 0.05) is 38.4 Å². The van der Waals surface area contributed by atoms with Crippen molar-refractivity contribution in [3.05, 3.63) is 59.9 Å². The minimum atomic E-state index is -0.305. The minimum absolute atomic E-state index is 0.188. The van der Waals surface area contributed by atoms with Crippen molar-refractivity contribution in [2.45, 2.75) is 13.0 Å². The quantitative estimate of drug-likeness (QED) is 0.827. The normalized spacial score (nSPS) is 14.1. The van der Waals surface area contributed by atoms with E-state index in [4.69, 9.17) is 4.74 Å². The summed E-state index contributed by atoms with van der Waals surface area (Å²) in [5.41, 5.74) is 1.52. The summed E-state index contributed by atoms with van der Waals surface area (Å²) < 4.78 is 18.1. The van der Waals surface area contributed by atoms with Gasteiger partial charge in [-0.05, 0) is 48.4 Å². The van der Waals surface area contributed by atoms with Crippen LogP contribution >= 0.6 is 0 Å². The number of amides is 4. The van der Waals surface area contributed by atoms with Crippen LogP contribution in [-0.4, -0.2) is 55.2 Å². The van der Waals surface area contributed by atoms with Gasteiger partial charge in [-0.3, -0.25) is 0 Å². The molecular formula is C21H25FN4O3. The first kappa shape index (κ1) is 20.4. The molecule has 7 nitrogen and oxygen atoms in total. The van der Waals surface area contributed by atoms with Crippen LogP contribution in [0.1, 0.15) is 12.0 Å². The standard InChI is InChI=1S/C21H25FN4O3/c1-29-19-9-7-18(8-10-19)24-21(28)26-12-2-11-25(13-14-26)20(27)23-15-16-3-5-17(22)6-4-16/h3-10H,2,11-15H2,1H3,(H,23,27)(H,24,28). The Morgan fingerprint density at radius 1 is 0.931 bits per heavy atom. The molecule has 0 aliphatic carbocycles. The van der Waals surface area contributed by atoms with Gasteiger partial charge in [0.15, 0.2) is 0 Å². The number of hydrogen-bond donors (Lipinski definition) is 2. The summed E-state index contributed by atoms with van der Waals surface area (Å²) >= 11 is 0. The van der Waals surface area contributed by atoms with E-state index < -0.39 is 0 Å². The molecule has 4 amide bonds. The van der Waals surface area contributed by atoms with Crippen LogP contribution in [0.3, 0.4) is 0 Å². The van der Waals surface area contributed by atoms with Gasteiger partial charge in [-0.15, -0.1) is 0 Å². The van der Waals surface area contributed by atoms with Crippen molar-refractivity contribution in [3.8, 4) is 5.75 Å². The van der Waals surface area contributed by atoms with Crippen LogP contribution in [0.25, 0.3) is 0 Å². The summed E-state index contributed by atoms with van der Waals surface area (Å²) in [7, 11) is 1.59. The SMILES string of the molecule is COc1ccc(NC(=O)N2CCCN(C(=O)NCc3ccc(F)cc3)CC2)cc1. The van der Waals surface area contributed by atoms with Gasteiger partial charge in [0.25, 0.3) is 0 Å². The lowest BCUT2D eigenvalue weighted by molar-refractivity contribution is 0.195. The molecule has 2 aromatic rings. The van der Waals surface area contributed by atoms with Gasteiger partial charge in [0.2, 0.25) is 0 Å². The summed E-state index contributed by atoms with van der Waals surface area (Å²) in [5, 5.41) is 5.71. The molecule has 29 heavy (non-hydrogen) atoms. The fourth-order valence-corrected chi connectivity index (χ4v) is 3.09. The van der Waals surface area contributed by atoms with Crippen LogP contribution in [0.4, 0.5) is 19.7 Å². The summed E-state index contributed by atoms with van der Waals surface area (Å²) in [6.45, 7) is 2.37. The molecule has 3 rings (SSSR count). The van der Waals surface area contributed by atoms with Crippen molar-refractivity contribution in [3.63, 3.8) is 0 Å². The van der Waals surface area contributed by atoms with Gasteiger partial charge in [-0.2, -0.15) is 0 Å². The number of carbonyl (C=O) groups excluding carboxylic acids is 2. The Kier molecular flexibility index (Phi) is 6.89. The number of anilines is 1. The Labute approximate surface area is 169 Å². The van der Waals surface area contributed by atoms with Gasteiger partial charge < -0.3 is 25.2 Å². The number of nitrogens with one attached hydrogen (secondary N) is 2. The molecule has 0 saturated carbocycles.